The second kappa shape index (κ2) is 9.15. The number of hydrogen-bond acceptors (Lipinski definition) is 3. The van der Waals surface area contributed by atoms with Gasteiger partial charge < -0.3 is 14.5 Å². The van der Waals surface area contributed by atoms with Gasteiger partial charge in [0, 0.05) is 24.7 Å². The SMILES string of the molecule is Cn1c(CNC(=O)c2ccc(-c3nc4ccccc4n3Cc3ccccc3)cc2)nc2ccccc21. The number of aromatic nitrogens is 4. The summed E-state index contributed by atoms with van der Waals surface area (Å²) < 4.78 is 4.24. The zero-order valence-corrected chi connectivity index (χ0v) is 19.9. The van der Waals surface area contributed by atoms with E-state index >= 15 is 0 Å². The molecule has 0 atom stereocenters. The molecule has 0 unspecified atom stereocenters. The lowest BCUT2D eigenvalue weighted by Crippen LogP contribution is -2.24. The Labute approximate surface area is 208 Å². The Morgan fingerprint density at radius 1 is 0.750 bits per heavy atom. The van der Waals surface area contributed by atoms with Gasteiger partial charge in [0.2, 0.25) is 0 Å². The van der Waals surface area contributed by atoms with Crippen LogP contribution in [0.15, 0.2) is 103 Å². The molecule has 2 aromatic heterocycles. The van der Waals surface area contributed by atoms with Crippen LogP contribution in [0.1, 0.15) is 21.7 Å². The molecule has 0 fully saturated rings. The van der Waals surface area contributed by atoms with E-state index in [9.17, 15) is 4.79 Å². The van der Waals surface area contributed by atoms with Crippen molar-refractivity contribution in [2.45, 2.75) is 13.1 Å². The number of nitrogens with zero attached hydrogens (tertiary/aromatic N) is 4. The first-order valence-corrected chi connectivity index (χ1v) is 12.0. The minimum absolute atomic E-state index is 0.133. The van der Waals surface area contributed by atoms with Gasteiger partial charge in [0.15, 0.2) is 0 Å². The van der Waals surface area contributed by atoms with Crippen molar-refractivity contribution in [1.29, 1.82) is 0 Å². The van der Waals surface area contributed by atoms with Crippen LogP contribution in [-0.4, -0.2) is 25.0 Å². The number of carbonyl (C=O) groups excluding carboxylic acids is 1. The molecule has 4 aromatic carbocycles. The van der Waals surface area contributed by atoms with Gasteiger partial charge in [0.05, 0.1) is 28.6 Å². The molecule has 0 aliphatic rings. The molecule has 0 spiro atoms. The maximum atomic E-state index is 12.9. The fourth-order valence-electron chi connectivity index (χ4n) is 4.61. The van der Waals surface area contributed by atoms with Gasteiger partial charge >= 0.3 is 0 Å². The Bertz CT molecular complexity index is 1680. The predicted molar refractivity (Wildman–Crippen MR) is 143 cm³/mol. The number of aryl methyl sites for hydroxylation is 1. The van der Waals surface area contributed by atoms with Crippen molar-refractivity contribution in [2.24, 2.45) is 7.05 Å². The molecule has 0 aliphatic carbocycles. The monoisotopic (exact) mass is 471 g/mol. The topological polar surface area (TPSA) is 64.7 Å². The summed E-state index contributed by atoms with van der Waals surface area (Å²) in [5.74, 6) is 1.56. The Hall–Kier alpha value is -4.71. The van der Waals surface area contributed by atoms with E-state index in [0.717, 1.165) is 45.8 Å². The molecule has 1 amide bonds. The summed E-state index contributed by atoms with van der Waals surface area (Å²) >= 11 is 0. The van der Waals surface area contributed by atoms with Crippen LogP contribution in [0.5, 0.6) is 0 Å². The number of carbonyl (C=O) groups is 1. The molecule has 0 saturated heterocycles. The molecule has 0 radical (unpaired) electrons. The molecule has 0 aliphatic heterocycles. The first-order valence-electron chi connectivity index (χ1n) is 12.0. The molecule has 2 heterocycles. The summed E-state index contributed by atoms with van der Waals surface area (Å²) in [6, 6.07) is 34.1. The van der Waals surface area contributed by atoms with E-state index in [1.54, 1.807) is 0 Å². The third-order valence-electron chi connectivity index (χ3n) is 6.53. The number of hydrogen-bond donors (Lipinski definition) is 1. The van der Waals surface area contributed by atoms with Gasteiger partial charge in [-0.15, -0.1) is 0 Å². The lowest BCUT2D eigenvalue weighted by atomic mass is 10.1. The van der Waals surface area contributed by atoms with Crippen molar-refractivity contribution >= 4 is 28.0 Å². The van der Waals surface area contributed by atoms with Gasteiger partial charge in [0.1, 0.15) is 11.6 Å². The van der Waals surface area contributed by atoms with Crippen molar-refractivity contribution in [2.75, 3.05) is 0 Å². The highest BCUT2D eigenvalue weighted by Gasteiger charge is 2.15. The van der Waals surface area contributed by atoms with Crippen LogP contribution < -0.4 is 5.32 Å². The van der Waals surface area contributed by atoms with Gasteiger partial charge in [0.25, 0.3) is 5.91 Å². The van der Waals surface area contributed by atoms with Gasteiger partial charge in [-0.3, -0.25) is 4.79 Å². The van der Waals surface area contributed by atoms with Crippen LogP contribution in [-0.2, 0) is 20.1 Å². The number of para-hydroxylation sites is 4. The molecule has 6 rings (SSSR count). The number of benzene rings is 4. The Kier molecular flexibility index (Phi) is 5.54. The van der Waals surface area contributed by atoms with Gasteiger partial charge in [-0.2, -0.15) is 0 Å². The second-order valence-electron chi connectivity index (χ2n) is 8.83. The zero-order chi connectivity index (χ0) is 24.5. The molecular formula is C30H25N5O. The Balaban J connectivity index is 1.24. The Morgan fingerprint density at radius 2 is 1.39 bits per heavy atom. The summed E-state index contributed by atoms with van der Waals surface area (Å²) in [5.41, 5.74) is 6.78. The summed E-state index contributed by atoms with van der Waals surface area (Å²) in [7, 11) is 1.97. The standard InChI is InChI=1S/C30H25N5O/c1-34-26-13-7-5-11-24(26)32-28(34)19-31-30(36)23-17-15-22(16-18-23)29-33-25-12-6-8-14-27(25)35(29)20-21-9-3-2-4-10-21/h2-18H,19-20H2,1H3,(H,31,36). The van der Waals surface area contributed by atoms with Crippen molar-refractivity contribution in [1.82, 2.24) is 24.4 Å². The molecule has 0 bridgehead atoms. The molecular weight excluding hydrogens is 446 g/mol. The molecule has 6 nitrogen and oxygen atoms in total. The fourth-order valence-corrected chi connectivity index (χ4v) is 4.61. The lowest BCUT2D eigenvalue weighted by molar-refractivity contribution is 0.0949. The molecule has 6 heteroatoms. The maximum absolute atomic E-state index is 12.9. The number of fused-ring (bicyclic) bond motifs is 2. The highest BCUT2D eigenvalue weighted by atomic mass is 16.1. The van der Waals surface area contributed by atoms with Crippen LogP contribution in [0.3, 0.4) is 0 Å². The number of nitrogens with one attached hydrogen (secondary N) is 1. The number of amides is 1. The van der Waals surface area contributed by atoms with E-state index in [4.69, 9.17) is 4.98 Å². The van der Waals surface area contributed by atoms with Crippen molar-refractivity contribution in [3.8, 4) is 11.4 Å². The van der Waals surface area contributed by atoms with Crippen LogP contribution in [0, 0.1) is 0 Å². The average Bonchev–Trinajstić information content (AvgIpc) is 3.45. The van der Waals surface area contributed by atoms with E-state index in [1.165, 1.54) is 5.56 Å². The van der Waals surface area contributed by atoms with Crippen LogP contribution in [0.4, 0.5) is 0 Å². The highest BCUT2D eigenvalue weighted by Crippen LogP contribution is 2.26. The number of rotatable bonds is 6. The molecule has 176 valence electrons. The minimum atomic E-state index is -0.133. The van der Waals surface area contributed by atoms with Crippen LogP contribution in [0.25, 0.3) is 33.5 Å². The summed E-state index contributed by atoms with van der Waals surface area (Å²) in [6.07, 6.45) is 0. The fraction of sp³-hybridized carbons (Fsp3) is 0.100. The average molecular weight is 472 g/mol. The summed E-state index contributed by atoms with van der Waals surface area (Å²) in [5, 5.41) is 3.00. The third-order valence-corrected chi connectivity index (χ3v) is 6.53. The van der Waals surface area contributed by atoms with E-state index < -0.39 is 0 Å². The molecule has 6 aromatic rings. The molecule has 36 heavy (non-hydrogen) atoms. The van der Waals surface area contributed by atoms with Gasteiger partial charge in [-0.1, -0.05) is 66.7 Å². The first-order chi connectivity index (χ1) is 17.7. The largest absolute Gasteiger partial charge is 0.345 e. The van der Waals surface area contributed by atoms with Crippen LogP contribution >= 0.6 is 0 Å². The van der Waals surface area contributed by atoms with E-state index in [-0.39, 0.29) is 5.91 Å². The van der Waals surface area contributed by atoms with Crippen molar-refractivity contribution in [3.63, 3.8) is 0 Å². The third kappa shape index (κ3) is 4.03. The highest BCUT2D eigenvalue weighted by molar-refractivity contribution is 5.94. The smallest absolute Gasteiger partial charge is 0.251 e. The van der Waals surface area contributed by atoms with E-state index in [1.807, 2.05) is 84.4 Å². The quantitative estimate of drug-likeness (QED) is 0.345. The van der Waals surface area contributed by atoms with E-state index in [2.05, 4.69) is 45.2 Å². The van der Waals surface area contributed by atoms with Crippen LogP contribution in [0.2, 0.25) is 0 Å². The molecule has 1 N–H and O–H groups in total. The lowest BCUT2D eigenvalue weighted by Gasteiger charge is -2.10. The maximum Gasteiger partial charge on any atom is 0.251 e. The number of imidazole rings is 2. The van der Waals surface area contributed by atoms with Crippen molar-refractivity contribution < 1.29 is 4.79 Å². The molecule has 0 saturated carbocycles. The minimum Gasteiger partial charge on any atom is -0.345 e. The van der Waals surface area contributed by atoms with Gasteiger partial charge in [-0.25, -0.2) is 9.97 Å². The first kappa shape index (κ1) is 21.8. The zero-order valence-electron chi connectivity index (χ0n) is 19.9. The van der Waals surface area contributed by atoms with E-state index in [0.29, 0.717) is 12.1 Å². The predicted octanol–water partition coefficient (Wildman–Crippen LogP) is 5.57. The normalized spacial score (nSPS) is 11.2. The van der Waals surface area contributed by atoms with Gasteiger partial charge in [-0.05, 0) is 42.0 Å². The summed E-state index contributed by atoms with van der Waals surface area (Å²) in [6.45, 7) is 1.08. The second-order valence-corrected chi connectivity index (χ2v) is 8.83. The Morgan fingerprint density at radius 3 is 2.11 bits per heavy atom. The summed E-state index contributed by atoms with van der Waals surface area (Å²) in [4.78, 5) is 22.4. The van der Waals surface area contributed by atoms with Crippen molar-refractivity contribution in [3.05, 3.63) is 120 Å².